The van der Waals surface area contributed by atoms with Gasteiger partial charge in [0.05, 0.1) is 16.9 Å². The Labute approximate surface area is 86.7 Å². The average Bonchev–Trinajstić information content (AvgIpc) is 2.15. The van der Waals surface area contributed by atoms with Gasteiger partial charge in [0.2, 0.25) is 0 Å². The minimum atomic E-state index is -4.29. The first kappa shape index (κ1) is 11.7. The number of benzene rings is 1. The molecule has 0 aliphatic rings. The topological polar surface area (TPSA) is 15.3 Å². The zero-order chi connectivity index (χ0) is 11.6. The Morgan fingerprint density at radius 1 is 1.20 bits per heavy atom. The van der Waals surface area contributed by atoms with Crippen LogP contribution in [-0.2, 0) is 6.18 Å². The lowest BCUT2D eigenvalue weighted by molar-refractivity contribution is -0.137. The van der Waals surface area contributed by atoms with Crippen LogP contribution in [0.2, 0.25) is 0 Å². The number of hydrogen-bond donors (Lipinski definition) is 1. The van der Waals surface area contributed by atoms with Gasteiger partial charge in [0, 0.05) is 21.1 Å². The standard InChI is InChI=1S/C10H13F3N2/c1-14-8-5-4-7(10(11,12)13)6-9(8)15(2)3/h4-6,14H,1-3H3. The van der Waals surface area contributed by atoms with Gasteiger partial charge in [0.25, 0.3) is 0 Å². The smallest absolute Gasteiger partial charge is 0.386 e. The summed E-state index contributed by atoms with van der Waals surface area (Å²) in [5.41, 5.74) is 0.561. The van der Waals surface area contributed by atoms with E-state index < -0.39 is 11.7 Å². The van der Waals surface area contributed by atoms with Crippen molar-refractivity contribution in [2.24, 2.45) is 0 Å². The molecule has 1 rings (SSSR count). The van der Waals surface area contributed by atoms with E-state index in [4.69, 9.17) is 0 Å². The minimum absolute atomic E-state index is 0.521. The second-order valence-corrected chi connectivity index (χ2v) is 3.37. The maximum atomic E-state index is 12.4. The van der Waals surface area contributed by atoms with Crippen LogP contribution in [-0.4, -0.2) is 21.1 Å². The Morgan fingerprint density at radius 2 is 1.80 bits per heavy atom. The number of halogens is 3. The van der Waals surface area contributed by atoms with Gasteiger partial charge in [-0.05, 0) is 18.2 Å². The van der Waals surface area contributed by atoms with Gasteiger partial charge in [0.1, 0.15) is 0 Å². The van der Waals surface area contributed by atoms with Crippen LogP contribution in [0, 0.1) is 0 Å². The minimum Gasteiger partial charge on any atom is -0.386 e. The van der Waals surface area contributed by atoms with E-state index in [-0.39, 0.29) is 0 Å². The molecule has 0 radical (unpaired) electrons. The van der Waals surface area contributed by atoms with E-state index in [2.05, 4.69) is 5.32 Å². The molecule has 5 heteroatoms. The van der Waals surface area contributed by atoms with Crippen LogP contribution in [0.4, 0.5) is 24.5 Å². The summed E-state index contributed by atoms with van der Waals surface area (Å²) in [6.07, 6.45) is -4.29. The number of anilines is 2. The molecule has 0 fully saturated rings. The quantitative estimate of drug-likeness (QED) is 0.821. The highest BCUT2D eigenvalue weighted by molar-refractivity contribution is 5.70. The third-order valence-corrected chi connectivity index (χ3v) is 2.08. The lowest BCUT2D eigenvalue weighted by atomic mass is 10.1. The molecule has 2 nitrogen and oxygen atoms in total. The summed E-state index contributed by atoms with van der Waals surface area (Å²) >= 11 is 0. The largest absolute Gasteiger partial charge is 0.416 e. The average molecular weight is 218 g/mol. The Morgan fingerprint density at radius 3 is 2.20 bits per heavy atom. The number of nitrogens with one attached hydrogen (secondary N) is 1. The summed E-state index contributed by atoms with van der Waals surface area (Å²) in [5.74, 6) is 0. The molecule has 0 saturated heterocycles. The van der Waals surface area contributed by atoms with Gasteiger partial charge in [-0.25, -0.2) is 0 Å². The zero-order valence-corrected chi connectivity index (χ0v) is 8.81. The number of nitrogens with zero attached hydrogens (tertiary/aromatic N) is 1. The molecule has 0 unspecified atom stereocenters. The summed E-state index contributed by atoms with van der Waals surface area (Å²) in [6.45, 7) is 0. The Kier molecular flexibility index (Phi) is 3.12. The highest BCUT2D eigenvalue weighted by Gasteiger charge is 2.31. The van der Waals surface area contributed by atoms with Crippen LogP contribution < -0.4 is 10.2 Å². The van der Waals surface area contributed by atoms with Crippen molar-refractivity contribution in [1.82, 2.24) is 0 Å². The van der Waals surface area contributed by atoms with Gasteiger partial charge in [-0.15, -0.1) is 0 Å². The molecule has 0 heterocycles. The van der Waals surface area contributed by atoms with Crippen LogP contribution in [0.15, 0.2) is 18.2 Å². The molecule has 1 aromatic carbocycles. The zero-order valence-electron chi connectivity index (χ0n) is 8.81. The molecule has 0 saturated carbocycles. The lowest BCUT2D eigenvalue weighted by Crippen LogP contribution is -2.13. The molecule has 0 amide bonds. The third kappa shape index (κ3) is 2.55. The highest BCUT2D eigenvalue weighted by Crippen LogP contribution is 2.34. The van der Waals surface area contributed by atoms with Gasteiger partial charge >= 0.3 is 6.18 Å². The van der Waals surface area contributed by atoms with Crippen molar-refractivity contribution in [3.05, 3.63) is 23.8 Å². The SMILES string of the molecule is CNc1ccc(C(F)(F)F)cc1N(C)C. The molecule has 0 aromatic heterocycles. The predicted octanol–water partition coefficient (Wildman–Crippen LogP) is 2.81. The normalized spacial score (nSPS) is 11.3. The molecule has 0 aliphatic carbocycles. The van der Waals surface area contributed by atoms with Crippen molar-refractivity contribution in [3.63, 3.8) is 0 Å². The molecular formula is C10H13F3N2. The Balaban J connectivity index is 3.22. The summed E-state index contributed by atoms with van der Waals surface area (Å²) < 4.78 is 37.3. The van der Waals surface area contributed by atoms with E-state index in [0.29, 0.717) is 11.4 Å². The number of rotatable bonds is 2. The van der Waals surface area contributed by atoms with Gasteiger partial charge < -0.3 is 10.2 Å². The van der Waals surface area contributed by atoms with E-state index in [1.165, 1.54) is 6.07 Å². The number of hydrogen-bond acceptors (Lipinski definition) is 2. The molecule has 0 atom stereocenters. The predicted molar refractivity (Wildman–Crippen MR) is 55.3 cm³/mol. The molecule has 84 valence electrons. The first-order chi connectivity index (χ1) is 6.86. The Bertz CT molecular complexity index is 345. The van der Waals surface area contributed by atoms with Gasteiger partial charge in [-0.3, -0.25) is 0 Å². The van der Waals surface area contributed by atoms with Crippen molar-refractivity contribution in [1.29, 1.82) is 0 Å². The molecule has 0 spiro atoms. The van der Waals surface area contributed by atoms with Gasteiger partial charge in [-0.2, -0.15) is 13.2 Å². The van der Waals surface area contributed by atoms with Crippen LogP contribution in [0.1, 0.15) is 5.56 Å². The molecule has 0 bridgehead atoms. The van der Waals surface area contributed by atoms with Crippen LogP contribution in [0.3, 0.4) is 0 Å². The maximum absolute atomic E-state index is 12.4. The maximum Gasteiger partial charge on any atom is 0.416 e. The fraction of sp³-hybridized carbons (Fsp3) is 0.400. The lowest BCUT2D eigenvalue weighted by Gasteiger charge is -2.19. The second kappa shape index (κ2) is 4.00. The molecular weight excluding hydrogens is 205 g/mol. The van der Waals surface area contributed by atoms with Gasteiger partial charge in [0.15, 0.2) is 0 Å². The summed E-state index contributed by atoms with van der Waals surface area (Å²) in [6, 6.07) is 3.63. The summed E-state index contributed by atoms with van der Waals surface area (Å²) in [4.78, 5) is 1.64. The fourth-order valence-electron chi connectivity index (χ4n) is 1.29. The highest BCUT2D eigenvalue weighted by atomic mass is 19.4. The van der Waals surface area contributed by atoms with Gasteiger partial charge in [-0.1, -0.05) is 0 Å². The van der Waals surface area contributed by atoms with Crippen molar-refractivity contribution in [3.8, 4) is 0 Å². The molecule has 15 heavy (non-hydrogen) atoms. The van der Waals surface area contributed by atoms with Crippen molar-refractivity contribution < 1.29 is 13.2 Å². The van der Waals surface area contributed by atoms with E-state index in [1.54, 1.807) is 26.0 Å². The van der Waals surface area contributed by atoms with Crippen LogP contribution in [0.5, 0.6) is 0 Å². The third-order valence-electron chi connectivity index (χ3n) is 2.08. The first-order valence-corrected chi connectivity index (χ1v) is 4.42. The van der Waals surface area contributed by atoms with Crippen LogP contribution >= 0.6 is 0 Å². The second-order valence-electron chi connectivity index (χ2n) is 3.37. The molecule has 0 aliphatic heterocycles. The Hall–Kier alpha value is -1.39. The summed E-state index contributed by atoms with van der Waals surface area (Å²) in [5, 5.41) is 2.85. The van der Waals surface area contributed by atoms with Crippen LogP contribution in [0.25, 0.3) is 0 Å². The number of alkyl halides is 3. The monoisotopic (exact) mass is 218 g/mol. The molecule has 1 aromatic rings. The van der Waals surface area contributed by atoms with Crippen molar-refractivity contribution in [2.45, 2.75) is 6.18 Å². The van der Waals surface area contributed by atoms with E-state index in [1.807, 2.05) is 0 Å². The van der Waals surface area contributed by atoms with Crippen molar-refractivity contribution in [2.75, 3.05) is 31.4 Å². The molecule has 1 N–H and O–H groups in total. The van der Waals surface area contributed by atoms with E-state index in [9.17, 15) is 13.2 Å². The summed E-state index contributed by atoms with van der Waals surface area (Å²) in [7, 11) is 5.09. The van der Waals surface area contributed by atoms with E-state index in [0.717, 1.165) is 12.1 Å². The van der Waals surface area contributed by atoms with Crippen molar-refractivity contribution >= 4 is 11.4 Å². The first-order valence-electron chi connectivity index (χ1n) is 4.42. The fourth-order valence-corrected chi connectivity index (χ4v) is 1.29. The van der Waals surface area contributed by atoms with E-state index >= 15 is 0 Å².